The predicted octanol–water partition coefficient (Wildman–Crippen LogP) is 4.86. The Labute approximate surface area is 155 Å². The lowest BCUT2D eigenvalue weighted by molar-refractivity contribution is -0.0109. The summed E-state index contributed by atoms with van der Waals surface area (Å²) < 4.78 is 17.8. The second-order valence-electron chi connectivity index (χ2n) is 6.15. The fraction of sp³-hybridized carbons (Fsp3) is 0.421. The van der Waals surface area contributed by atoms with Crippen LogP contribution in [-0.2, 0) is 4.74 Å². The molecule has 5 nitrogen and oxygen atoms in total. The minimum absolute atomic E-state index is 0.116. The molecule has 1 N–H and O–H groups in total. The Morgan fingerprint density at radius 1 is 1.28 bits per heavy atom. The second kappa shape index (κ2) is 8.06. The molecule has 1 aliphatic rings. The third-order valence-electron chi connectivity index (χ3n) is 4.25. The van der Waals surface area contributed by atoms with Crippen LogP contribution in [0.25, 0.3) is 0 Å². The summed E-state index contributed by atoms with van der Waals surface area (Å²) in [5, 5.41) is 2.91. The number of hydrogen-bond donors (Lipinski definition) is 1. The van der Waals surface area contributed by atoms with Gasteiger partial charge in [0.25, 0.3) is 5.91 Å². The molecule has 1 aliphatic heterocycles. The zero-order valence-corrected chi connectivity index (χ0v) is 16.0. The van der Waals surface area contributed by atoms with Gasteiger partial charge in [-0.15, -0.1) is 0 Å². The molecule has 25 heavy (non-hydrogen) atoms. The summed E-state index contributed by atoms with van der Waals surface area (Å²) in [6.07, 6.45) is 3.40. The first-order chi connectivity index (χ1) is 12.1. The minimum atomic E-state index is -0.230. The topological polar surface area (TPSA) is 60.7 Å². The highest BCUT2D eigenvalue weighted by molar-refractivity contribution is 9.10. The van der Waals surface area contributed by atoms with Gasteiger partial charge in [-0.1, -0.05) is 12.1 Å². The molecule has 0 radical (unpaired) electrons. The third kappa shape index (κ3) is 4.25. The van der Waals surface area contributed by atoms with Crippen LogP contribution in [0.5, 0.6) is 5.75 Å². The van der Waals surface area contributed by atoms with E-state index in [1.54, 1.807) is 6.92 Å². The molecule has 1 atom stereocenters. The molecule has 1 aromatic carbocycles. The van der Waals surface area contributed by atoms with Gasteiger partial charge in [-0.2, -0.15) is 0 Å². The molecule has 0 spiro atoms. The summed E-state index contributed by atoms with van der Waals surface area (Å²) in [7, 11) is 0. The molecule has 1 aromatic heterocycles. The smallest absolute Gasteiger partial charge is 0.260 e. The van der Waals surface area contributed by atoms with Gasteiger partial charge in [0.1, 0.15) is 23.9 Å². The van der Waals surface area contributed by atoms with E-state index in [9.17, 15) is 4.79 Å². The number of rotatable bonds is 5. The lowest BCUT2D eigenvalue weighted by Crippen LogP contribution is -2.26. The Bertz CT molecular complexity index is 750. The molecule has 1 unspecified atom stereocenters. The van der Waals surface area contributed by atoms with E-state index in [2.05, 4.69) is 21.2 Å². The zero-order chi connectivity index (χ0) is 17.8. The van der Waals surface area contributed by atoms with Crippen LogP contribution < -0.4 is 10.1 Å². The first-order valence-corrected chi connectivity index (χ1v) is 9.26. The Kier molecular flexibility index (Phi) is 5.81. The molecule has 0 aliphatic carbocycles. The number of hydrogen-bond acceptors (Lipinski definition) is 4. The van der Waals surface area contributed by atoms with Crippen LogP contribution in [0.4, 0.5) is 5.69 Å². The van der Waals surface area contributed by atoms with E-state index in [4.69, 9.17) is 13.9 Å². The van der Waals surface area contributed by atoms with Crippen molar-refractivity contribution >= 4 is 27.5 Å². The molecular formula is C19H22BrNO4. The van der Waals surface area contributed by atoms with Crippen molar-refractivity contribution in [1.29, 1.82) is 0 Å². The number of para-hydroxylation sites is 2. The maximum Gasteiger partial charge on any atom is 0.260 e. The lowest BCUT2D eigenvalue weighted by Gasteiger charge is -2.23. The zero-order valence-electron chi connectivity index (χ0n) is 14.4. The predicted molar refractivity (Wildman–Crippen MR) is 99.4 cm³/mol. The standard InChI is InChI=1S/C19H22BrNO4/c1-12-17(18(20)13(2)25-12)19(22)21-15-8-3-4-9-16(15)24-11-14-7-5-6-10-23-14/h3-4,8-9,14H,5-7,10-11H2,1-2H3,(H,21,22). The van der Waals surface area contributed by atoms with Gasteiger partial charge in [0.2, 0.25) is 0 Å². The van der Waals surface area contributed by atoms with Crippen molar-refractivity contribution in [1.82, 2.24) is 0 Å². The summed E-state index contributed by atoms with van der Waals surface area (Å²) in [5.41, 5.74) is 1.14. The van der Waals surface area contributed by atoms with Crippen LogP contribution in [0.2, 0.25) is 0 Å². The van der Waals surface area contributed by atoms with Crippen LogP contribution in [0.3, 0.4) is 0 Å². The summed E-state index contributed by atoms with van der Waals surface area (Å²) in [5.74, 6) is 1.67. The van der Waals surface area contributed by atoms with Crippen LogP contribution in [0, 0.1) is 13.8 Å². The van der Waals surface area contributed by atoms with E-state index in [0.717, 1.165) is 19.4 Å². The number of halogens is 1. The second-order valence-corrected chi connectivity index (χ2v) is 6.95. The Balaban J connectivity index is 1.71. The highest BCUT2D eigenvalue weighted by atomic mass is 79.9. The SMILES string of the molecule is Cc1oc(C)c(C(=O)Nc2ccccc2OCC2CCCCO2)c1Br. The van der Waals surface area contributed by atoms with Gasteiger partial charge in [0.05, 0.1) is 21.8 Å². The average molecular weight is 408 g/mol. The Hall–Kier alpha value is -1.79. The number of aryl methyl sites for hydroxylation is 2. The van der Waals surface area contributed by atoms with Gasteiger partial charge in [-0.25, -0.2) is 0 Å². The van der Waals surface area contributed by atoms with E-state index < -0.39 is 0 Å². The molecule has 6 heteroatoms. The number of benzene rings is 1. The monoisotopic (exact) mass is 407 g/mol. The lowest BCUT2D eigenvalue weighted by atomic mass is 10.1. The normalized spacial score (nSPS) is 17.3. The number of nitrogens with one attached hydrogen (secondary N) is 1. The van der Waals surface area contributed by atoms with Gasteiger partial charge < -0.3 is 19.2 Å². The number of anilines is 1. The molecule has 3 rings (SSSR count). The van der Waals surface area contributed by atoms with Crippen LogP contribution in [0.1, 0.15) is 41.1 Å². The van der Waals surface area contributed by atoms with Gasteiger partial charge in [-0.3, -0.25) is 4.79 Å². The quantitative estimate of drug-likeness (QED) is 0.768. The average Bonchev–Trinajstić information content (AvgIpc) is 2.87. The molecule has 0 saturated carbocycles. The van der Waals surface area contributed by atoms with Crippen molar-refractivity contribution in [3.63, 3.8) is 0 Å². The van der Waals surface area contributed by atoms with Crippen molar-refractivity contribution < 1.29 is 18.7 Å². The third-order valence-corrected chi connectivity index (χ3v) is 5.20. The van der Waals surface area contributed by atoms with Crippen molar-refractivity contribution in [2.45, 2.75) is 39.2 Å². The molecule has 1 fully saturated rings. The summed E-state index contributed by atoms with van der Waals surface area (Å²) in [6.45, 7) is 4.87. The van der Waals surface area contributed by atoms with E-state index in [1.807, 2.05) is 31.2 Å². The van der Waals surface area contributed by atoms with Crippen molar-refractivity contribution in [3.05, 3.63) is 45.8 Å². The van der Waals surface area contributed by atoms with E-state index in [-0.39, 0.29) is 12.0 Å². The molecule has 2 aromatic rings. The van der Waals surface area contributed by atoms with E-state index >= 15 is 0 Å². The first kappa shape index (κ1) is 18.0. The Morgan fingerprint density at radius 2 is 2.08 bits per heavy atom. The van der Waals surface area contributed by atoms with Crippen LogP contribution in [-0.4, -0.2) is 25.2 Å². The Morgan fingerprint density at radius 3 is 2.76 bits per heavy atom. The summed E-state index contributed by atoms with van der Waals surface area (Å²) in [6, 6.07) is 7.42. The highest BCUT2D eigenvalue weighted by Crippen LogP contribution is 2.30. The van der Waals surface area contributed by atoms with E-state index in [1.165, 1.54) is 6.42 Å². The fourth-order valence-electron chi connectivity index (χ4n) is 2.92. The van der Waals surface area contributed by atoms with Gasteiger partial charge in [-0.05, 0) is 61.2 Å². The van der Waals surface area contributed by atoms with Crippen molar-refractivity contribution in [2.24, 2.45) is 0 Å². The molecule has 2 heterocycles. The molecule has 1 amide bonds. The first-order valence-electron chi connectivity index (χ1n) is 8.46. The summed E-state index contributed by atoms with van der Waals surface area (Å²) in [4.78, 5) is 12.6. The van der Waals surface area contributed by atoms with Gasteiger partial charge >= 0.3 is 0 Å². The number of amides is 1. The number of furan rings is 1. The van der Waals surface area contributed by atoms with Crippen molar-refractivity contribution in [3.8, 4) is 5.75 Å². The largest absolute Gasteiger partial charge is 0.489 e. The molecular weight excluding hydrogens is 386 g/mol. The number of ether oxygens (including phenoxy) is 2. The molecule has 134 valence electrons. The van der Waals surface area contributed by atoms with Crippen LogP contribution in [0.15, 0.2) is 33.2 Å². The maximum atomic E-state index is 12.6. The highest BCUT2D eigenvalue weighted by Gasteiger charge is 2.21. The summed E-state index contributed by atoms with van der Waals surface area (Å²) >= 11 is 3.41. The number of carbonyl (C=O) groups is 1. The fourth-order valence-corrected chi connectivity index (χ4v) is 3.46. The van der Waals surface area contributed by atoms with Gasteiger partial charge in [0, 0.05) is 6.61 Å². The minimum Gasteiger partial charge on any atom is -0.489 e. The number of carbonyl (C=O) groups excluding carboxylic acids is 1. The molecule has 1 saturated heterocycles. The molecule has 0 bridgehead atoms. The van der Waals surface area contributed by atoms with Crippen molar-refractivity contribution in [2.75, 3.05) is 18.5 Å². The maximum absolute atomic E-state index is 12.6. The van der Waals surface area contributed by atoms with Crippen LogP contribution >= 0.6 is 15.9 Å². The van der Waals surface area contributed by atoms with E-state index in [0.29, 0.717) is 39.6 Å². The van der Waals surface area contributed by atoms with Gasteiger partial charge in [0.15, 0.2) is 0 Å².